The van der Waals surface area contributed by atoms with E-state index in [0.29, 0.717) is 19.4 Å². The Bertz CT molecular complexity index is 461. The van der Waals surface area contributed by atoms with Crippen LogP contribution in [0.4, 0.5) is 4.79 Å². The van der Waals surface area contributed by atoms with E-state index in [1.165, 1.54) is 0 Å². The van der Waals surface area contributed by atoms with Crippen molar-refractivity contribution >= 4 is 6.09 Å². The Labute approximate surface area is 125 Å². The predicted octanol–water partition coefficient (Wildman–Crippen LogP) is 1.27. The fraction of sp³-hybridized carbons (Fsp3) is 0.786. The van der Waals surface area contributed by atoms with Gasteiger partial charge >= 0.3 is 6.09 Å². The molecule has 0 saturated heterocycles. The lowest BCUT2D eigenvalue weighted by Crippen LogP contribution is -2.43. The molecule has 1 atom stereocenters. The van der Waals surface area contributed by atoms with Crippen LogP contribution in [0.1, 0.15) is 39.8 Å². The zero-order valence-corrected chi connectivity index (χ0v) is 13.5. The van der Waals surface area contributed by atoms with E-state index in [1.807, 2.05) is 33.9 Å². The highest BCUT2D eigenvalue weighted by molar-refractivity contribution is 5.67. The van der Waals surface area contributed by atoms with Crippen molar-refractivity contribution < 1.29 is 14.6 Å². The Morgan fingerprint density at radius 3 is 2.57 bits per heavy atom. The first kappa shape index (κ1) is 17.4. The van der Waals surface area contributed by atoms with Gasteiger partial charge in [-0.15, -0.1) is 5.10 Å². The molecule has 0 fully saturated rings. The molecular formula is C14H26N4O3. The van der Waals surface area contributed by atoms with E-state index in [-0.39, 0.29) is 6.61 Å². The van der Waals surface area contributed by atoms with E-state index >= 15 is 0 Å². The summed E-state index contributed by atoms with van der Waals surface area (Å²) in [6.45, 7) is 7.69. The number of aryl methyl sites for hydroxylation is 1. The number of carbonyl (C=O) groups excluding carboxylic acids is 1. The van der Waals surface area contributed by atoms with Crippen LogP contribution in [0.2, 0.25) is 0 Å². The Balaban J connectivity index is 2.65. The van der Waals surface area contributed by atoms with Gasteiger partial charge in [-0.25, -0.2) is 4.79 Å². The highest BCUT2D eigenvalue weighted by Crippen LogP contribution is 2.25. The maximum absolute atomic E-state index is 11.7. The predicted molar refractivity (Wildman–Crippen MR) is 78.8 cm³/mol. The zero-order valence-electron chi connectivity index (χ0n) is 13.5. The number of aliphatic hydroxyl groups excluding tert-OH is 1. The summed E-state index contributed by atoms with van der Waals surface area (Å²) in [7, 11) is 1.79. The molecule has 7 nitrogen and oxygen atoms in total. The minimum atomic E-state index is -0.539. The van der Waals surface area contributed by atoms with Crippen LogP contribution < -0.4 is 5.32 Å². The molecule has 7 heteroatoms. The number of nitrogens with zero attached hydrogens (tertiary/aromatic N) is 3. The Hall–Kier alpha value is -1.63. The summed E-state index contributed by atoms with van der Waals surface area (Å²) in [4.78, 5) is 11.7. The lowest BCUT2D eigenvalue weighted by molar-refractivity contribution is 0.0460. The molecule has 0 aliphatic heterocycles. The largest absolute Gasteiger partial charge is 0.444 e. The molecule has 0 radical (unpaired) electrons. The molecule has 1 aromatic heterocycles. The summed E-state index contributed by atoms with van der Waals surface area (Å²) in [5.74, 6) is 0. The average molecular weight is 298 g/mol. The summed E-state index contributed by atoms with van der Waals surface area (Å²) in [6, 6.07) is 0. The first-order chi connectivity index (χ1) is 9.69. The second-order valence-corrected chi connectivity index (χ2v) is 6.43. The first-order valence-corrected chi connectivity index (χ1v) is 7.12. The molecule has 0 spiro atoms. The maximum atomic E-state index is 11.7. The van der Waals surface area contributed by atoms with Crippen LogP contribution in [0, 0.1) is 5.41 Å². The van der Waals surface area contributed by atoms with E-state index in [2.05, 4.69) is 15.6 Å². The van der Waals surface area contributed by atoms with Crippen molar-refractivity contribution in [3.63, 3.8) is 0 Å². The third-order valence-corrected chi connectivity index (χ3v) is 3.30. The van der Waals surface area contributed by atoms with E-state index in [4.69, 9.17) is 4.74 Å². The number of rotatable bonds is 6. The van der Waals surface area contributed by atoms with Crippen molar-refractivity contribution in [1.82, 2.24) is 20.3 Å². The van der Waals surface area contributed by atoms with Crippen molar-refractivity contribution in [2.75, 3.05) is 13.2 Å². The lowest BCUT2D eigenvalue weighted by Gasteiger charge is -2.30. The number of alkyl carbamates (subject to hydrolysis) is 1. The zero-order chi connectivity index (χ0) is 16.1. The van der Waals surface area contributed by atoms with Gasteiger partial charge in [-0.1, -0.05) is 12.1 Å². The van der Waals surface area contributed by atoms with Gasteiger partial charge < -0.3 is 15.2 Å². The van der Waals surface area contributed by atoms with Gasteiger partial charge in [-0.3, -0.25) is 4.68 Å². The molecule has 2 N–H and O–H groups in total. The number of aromatic nitrogens is 3. The molecule has 1 unspecified atom stereocenters. The molecule has 1 amide bonds. The molecule has 120 valence electrons. The number of aliphatic hydroxyl groups is 1. The van der Waals surface area contributed by atoms with Crippen LogP contribution in [0.25, 0.3) is 0 Å². The summed E-state index contributed by atoms with van der Waals surface area (Å²) in [5, 5.41) is 20.4. The standard InChI is InChI=1S/C14H26N4O3/c1-6-14(10-19,7-11-8-18(5)17-16-11)9-15-12(20)21-13(2,3)4/h8,19H,6-7,9-10H2,1-5H3,(H,15,20). The van der Waals surface area contributed by atoms with Crippen LogP contribution in [-0.2, 0) is 18.2 Å². The molecule has 0 aromatic carbocycles. The minimum absolute atomic E-state index is 0.0458. The third kappa shape index (κ3) is 5.71. The summed E-state index contributed by atoms with van der Waals surface area (Å²) in [6.07, 6.45) is 2.58. The number of hydrogen-bond acceptors (Lipinski definition) is 5. The summed E-state index contributed by atoms with van der Waals surface area (Å²) in [5.41, 5.74) is -0.213. The van der Waals surface area contributed by atoms with Gasteiger partial charge in [0.05, 0.1) is 12.3 Å². The Kier molecular flexibility index (Phi) is 5.71. The van der Waals surface area contributed by atoms with Crippen molar-refractivity contribution in [1.29, 1.82) is 0 Å². The van der Waals surface area contributed by atoms with Gasteiger partial charge in [-0.05, 0) is 27.2 Å². The smallest absolute Gasteiger partial charge is 0.407 e. The van der Waals surface area contributed by atoms with Crippen molar-refractivity contribution in [2.24, 2.45) is 12.5 Å². The van der Waals surface area contributed by atoms with Gasteiger partial charge in [0.15, 0.2) is 0 Å². The highest BCUT2D eigenvalue weighted by Gasteiger charge is 2.30. The van der Waals surface area contributed by atoms with E-state index < -0.39 is 17.1 Å². The summed E-state index contributed by atoms with van der Waals surface area (Å²) >= 11 is 0. The quantitative estimate of drug-likeness (QED) is 0.825. The first-order valence-electron chi connectivity index (χ1n) is 7.12. The van der Waals surface area contributed by atoms with Crippen molar-refractivity contribution in [3.8, 4) is 0 Å². The Morgan fingerprint density at radius 2 is 2.14 bits per heavy atom. The fourth-order valence-electron chi connectivity index (χ4n) is 1.97. The van der Waals surface area contributed by atoms with Gasteiger partial charge in [0.1, 0.15) is 5.60 Å². The molecular weight excluding hydrogens is 272 g/mol. The monoisotopic (exact) mass is 298 g/mol. The van der Waals surface area contributed by atoms with E-state index in [9.17, 15) is 9.90 Å². The molecule has 21 heavy (non-hydrogen) atoms. The van der Waals surface area contributed by atoms with Gasteiger partial charge in [0.25, 0.3) is 0 Å². The van der Waals surface area contributed by atoms with Crippen LogP contribution >= 0.6 is 0 Å². The van der Waals surface area contributed by atoms with Crippen LogP contribution in [-0.4, -0.2) is 44.9 Å². The van der Waals surface area contributed by atoms with E-state index in [1.54, 1.807) is 11.7 Å². The minimum Gasteiger partial charge on any atom is -0.444 e. The molecule has 0 saturated carbocycles. The molecule has 0 aliphatic rings. The van der Waals surface area contributed by atoms with Crippen molar-refractivity contribution in [2.45, 2.75) is 46.1 Å². The molecule has 1 heterocycles. The number of amides is 1. The topological polar surface area (TPSA) is 89.3 Å². The lowest BCUT2D eigenvalue weighted by atomic mass is 9.81. The van der Waals surface area contributed by atoms with Crippen molar-refractivity contribution in [3.05, 3.63) is 11.9 Å². The second kappa shape index (κ2) is 6.89. The number of hydrogen-bond donors (Lipinski definition) is 2. The fourth-order valence-corrected chi connectivity index (χ4v) is 1.97. The van der Waals surface area contributed by atoms with Gasteiger partial charge in [0, 0.05) is 31.6 Å². The molecule has 1 aromatic rings. The summed E-state index contributed by atoms with van der Waals surface area (Å²) < 4.78 is 6.83. The number of ether oxygens (including phenoxy) is 1. The molecule has 1 rings (SSSR count). The average Bonchev–Trinajstić information content (AvgIpc) is 2.78. The molecule has 0 aliphatic carbocycles. The van der Waals surface area contributed by atoms with E-state index in [0.717, 1.165) is 5.69 Å². The molecule has 0 bridgehead atoms. The van der Waals surface area contributed by atoms with Crippen LogP contribution in [0.15, 0.2) is 6.20 Å². The normalized spacial score (nSPS) is 14.6. The van der Waals surface area contributed by atoms with Crippen LogP contribution in [0.5, 0.6) is 0 Å². The third-order valence-electron chi connectivity index (χ3n) is 3.30. The Morgan fingerprint density at radius 1 is 1.48 bits per heavy atom. The van der Waals surface area contributed by atoms with Gasteiger partial charge in [-0.2, -0.15) is 0 Å². The SMILES string of the molecule is CCC(CO)(CNC(=O)OC(C)(C)C)Cc1cn(C)nn1. The maximum Gasteiger partial charge on any atom is 0.407 e. The van der Waals surface area contributed by atoms with Gasteiger partial charge in [0.2, 0.25) is 0 Å². The number of carbonyl (C=O) groups is 1. The second-order valence-electron chi connectivity index (χ2n) is 6.43. The number of nitrogens with one attached hydrogen (secondary N) is 1. The van der Waals surface area contributed by atoms with Crippen LogP contribution in [0.3, 0.4) is 0 Å². The highest BCUT2D eigenvalue weighted by atomic mass is 16.6.